The van der Waals surface area contributed by atoms with E-state index in [-0.39, 0.29) is 0 Å². The quantitative estimate of drug-likeness (QED) is 0.791. The van der Waals surface area contributed by atoms with Crippen molar-refractivity contribution in [2.45, 2.75) is 51.5 Å². The molecule has 0 heterocycles. The standard InChI is InChI=1S/C13H24N2O/c1-10-9-12(10)13(16)15(8-7-14)11-5-3-2-4-6-11/h10-12H,2-9,14H2,1H3. The lowest BCUT2D eigenvalue weighted by Gasteiger charge is -2.34. The Morgan fingerprint density at radius 1 is 1.31 bits per heavy atom. The van der Waals surface area contributed by atoms with Crippen LogP contribution in [-0.4, -0.2) is 29.9 Å². The van der Waals surface area contributed by atoms with E-state index in [0.29, 0.717) is 30.3 Å². The molecule has 16 heavy (non-hydrogen) atoms. The van der Waals surface area contributed by atoms with E-state index < -0.39 is 0 Å². The molecule has 0 radical (unpaired) electrons. The van der Waals surface area contributed by atoms with Gasteiger partial charge in [-0.25, -0.2) is 0 Å². The van der Waals surface area contributed by atoms with Crippen molar-refractivity contribution in [2.24, 2.45) is 17.6 Å². The molecule has 2 aliphatic rings. The van der Waals surface area contributed by atoms with Crippen LogP contribution >= 0.6 is 0 Å². The monoisotopic (exact) mass is 224 g/mol. The normalized spacial score (nSPS) is 30.1. The molecule has 0 spiro atoms. The summed E-state index contributed by atoms with van der Waals surface area (Å²) in [6.07, 6.45) is 7.35. The van der Waals surface area contributed by atoms with Crippen molar-refractivity contribution in [1.29, 1.82) is 0 Å². The third kappa shape index (κ3) is 2.57. The summed E-state index contributed by atoms with van der Waals surface area (Å²) >= 11 is 0. The van der Waals surface area contributed by atoms with Crippen molar-refractivity contribution in [1.82, 2.24) is 4.90 Å². The zero-order valence-electron chi connectivity index (χ0n) is 10.3. The molecule has 2 rings (SSSR count). The van der Waals surface area contributed by atoms with Gasteiger partial charge in [0.1, 0.15) is 0 Å². The van der Waals surface area contributed by atoms with Gasteiger partial charge in [-0.3, -0.25) is 4.79 Å². The third-order valence-electron chi connectivity index (χ3n) is 4.10. The summed E-state index contributed by atoms with van der Waals surface area (Å²) in [4.78, 5) is 14.4. The number of nitrogens with two attached hydrogens (primary N) is 1. The Balaban J connectivity index is 1.94. The van der Waals surface area contributed by atoms with Gasteiger partial charge in [-0.1, -0.05) is 26.2 Å². The Morgan fingerprint density at radius 3 is 2.44 bits per heavy atom. The minimum Gasteiger partial charge on any atom is -0.338 e. The van der Waals surface area contributed by atoms with Crippen molar-refractivity contribution in [3.63, 3.8) is 0 Å². The van der Waals surface area contributed by atoms with Gasteiger partial charge in [0, 0.05) is 25.0 Å². The molecule has 2 aliphatic carbocycles. The van der Waals surface area contributed by atoms with Crippen molar-refractivity contribution in [2.75, 3.05) is 13.1 Å². The van der Waals surface area contributed by atoms with Crippen molar-refractivity contribution in [3.05, 3.63) is 0 Å². The van der Waals surface area contributed by atoms with Crippen LogP contribution in [-0.2, 0) is 4.79 Å². The van der Waals surface area contributed by atoms with E-state index in [2.05, 4.69) is 11.8 Å². The van der Waals surface area contributed by atoms with Crippen molar-refractivity contribution >= 4 is 5.91 Å². The van der Waals surface area contributed by atoms with E-state index in [0.717, 1.165) is 13.0 Å². The predicted octanol–water partition coefficient (Wildman–Crippen LogP) is 1.76. The van der Waals surface area contributed by atoms with E-state index in [9.17, 15) is 4.79 Å². The Kier molecular flexibility index (Phi) is 3.85. The van der Waals surface area contributed by atoms with E-state index in [4.69, 9.17) is 5.73 Å². The molecule has 2 N–H and O–H groups in total. The molecule has 1 amide bonds. The third-order valence-corrected chi connectivity index (χ3v) is 4.10. The van der Waals surface area contributed by atoms with E-state index in [1.54, 1.807) is 0 Å². The fourth-order valence-corrected chi connectivity index (χ4v) is 2.88. The molecule has 3 heteroatoms. The van der Waals surface area contributed by atoms with Gasteiger partial charge in [-0.05, 0) is 25.2 Å². The lowest BCUT2D eigenvalue weighted by Crippen LogP contribution is -2.45. The number of amides is 1. The van der Waals surface area contributed by atoms with Crippen LogP contribution in [0.25, 0.3) is 0 Å². The first-order chi connectivity index (χ1) is 7.74. The van der Waals surface area contributed by atoms with Crippen LogP contribution in [0, 0.1) is 11.8 Å². The van der Waals surface area contributed by atoms with Crippen LogP contribution < -0.4 is 5.73 Å². The maximum absolute atomic E-state index is 12.3. The largest absolute Gasteiger partial charge is 0.338 e. The van der Waals surface area contributed by atoms with Gasteiger partial charge < -0.3 is 10.6 Å². The molecule has 0 aliphatic heterocycles. The lowest BCUT2D eigenvalue weighted by molar-refractivity contribution is -0.135. The maximum Gasteiger partial charge on any atom is 0.226 e. The van der Waals surface area contributed by atoms with Gasteiger partial charge in [0.25, 0.3) is 0 Å². The van der Waals surface area contributed by atoms with Crippen LogP contribution in [0.15, 0.2) is 0 Å². The highest BCUT2D eigenvalue weighted by molar-refractivity contribution is 5.82. The zero-order valence-corrected chi connectivity index (χ0v) is 10.3. The van der Waals surface area contributed by atoms with Gasteiger partial charge in [0.2, 0.25) is 5.91 Å². The van der Waals surface area contributed by atoms with Crippen molar-refractivity contribution < 1.29 is 4.79 Å². The first kappa shape index (κ1) is 11.9. The van der Waals surface area contributed by atoms with Gasteiger partial charge in [-0.15, -0.1) is 0 Å². The Bertz CT molecular complexity index is 248. The summed E-state index contributed by atoms with van der Waals surface area (Å²) in [6.45, 7) is 3.53. The van der Waals surface area contributed by atoms with Gasteiger partial charge in [0.05, 0.1) is 0 Å². The number of hydrogen-bond acceptors (Lipinski definition) is 2. The number of hydrogen-bond donors (Lipinski definition) is 1. The maximum atomic E-state index is 12.3. The molecule has 2 unspecified atom stereocenters. The fraction of sp³-hybridized carbons (Fsp3) is 0.923. The topological polar surface area (TPSA) is 46.3 Å². The number of carbonyl (C=O) groups is 1. The molecular weight excluding hydrogens is 200 g/mol. The summed E-state index contributed by atoms with van der Waals surface area (Å²) in [7, 11) is 0. The molecule has 2 fully saturated rings. The predicted molar refractivity (Wildman–Crippen MR) is 64.9 cm³/mol. The summed E-state index contributed by atoms with van der Waals surface area (Å²) < 4.78 is 0. The number of nitrogens with zero attached hydrogens (tertiary/aromatic N) is 1. The smallest absolute Gasteiger partial charge is 0.226 e. The summed E-state index contributed by atoms with van der Waals surface area (Å²) in [5.41, 5.74) is 5.64. The Hall–Kier alpha value is -0.570. The number of rotatable bonds is 4. The van der Waals surface area contributed by atoms with E-state index in [1.807, 2.05) is 0 Å². The first-order valence-electron chi connectivity index (χ1n) is 6.74. The zero-order chi connectivity index (χ0) is 11.5. The molecule has 0 saturated heterocycles. The molecule has 2 atom stereocenters. The molecule has 3 nitrogen and oxygen atoms in total. The van der Waals surface area contributed by atoms with Crippen LogP contribution in [0.4, 0.5) is 0 Å². The van der Waals surface area contributed by atoms with Gasteiger partial charge in [0.15, 0.2) is 0 Å². The van der Waals surface area contributed by atoms with Gasteiger partial charge >= 0.3 is 0 Å². The molecule has 2 saturated carbocycles. The summed E-state index contributed by atoms with van der Waals surface area (Å²) in [6, 6.07) is 0.484. The summed E-state index contributed by atoms with van der Waals surface area (Å²) in [5, 5.41) is 0. The van der Waals surface area contributed by atoms with E-state index >= 15 is 0 Å². The average molecular weight is 224 g/mol. The second kappa shape index (κ2) is 5.17. The van der Waals surface area contributed by atoms with Crippen LogP contribution in [0.2, 0.25) is 0 Å². The lowest BCUT2D eigenvalue weighted by atomic mass is 9.94. The van der Waals surface area contributed by atoms with E-state index in [1.165, 1.54) is 32.1 Å². The van der Waals surface area contributed by atoms with Gasteiger partial charge in [-0.2, -0.15) is 0 Å². The minimum absolute atomic E-state index is 0.313. The Labute approximate surface area is 98.4 Å². The highest BCUT2D eigenvalue weighted by Crippen LogP contribution is 2.40. The second-order valence-electron chi connectivity index (χ2n) is 5.43. The highest BCUT2D eigenvalue weighted by atomic mass is 16.2. The minimum atomic E-state index is 0.313. The molecular formula is C13H24N2O. The fourth-order valence-electron chi connectivity index (χ4n) is 2.88. The SMILES string of the molecule is CC1CC1C(=O)N(CCN)C1CCCCC1. The molecule has 0 bridgehead atoms. The molecule has 0 aromatic heterocycles. The molecule has 92 valence electrons. The highest BCUT2D eigenvalue weighted by Gasteiger charge is 2.42. The first-order valence-corrected chi connectivity index (χ1v) is 6.74. The van der Waals surface area contributed by atoms with Crippen molar-refractivity contribution in [3.8, 4) is 0 Å². The van der Waals surface area contributed by atoms with Crippen LogP contribution in [0.3, 0.4) is 0 Å². The second-order valence-corrected chi connectivity index (χ2v) is 5.43. The Morgan fingerprint density at radius 2 is 1.94 bits per heavy atom. The average Bonchev–Trinajstić information content (AvgIpc) is 3.04. The number of carbonyl (C=O) groups excluding carboxylic acids is 1. The molecule has 0 aromatic rings. The molecule has 0 aromatic carbocycles. The van der Waals surface area contributed by atoms with Crippen LogP contribution in [0.5, 0.6) is 0 Å². The summed E-state index contributed by atoms with van der Waals surface area (Å²) in [5.74, 6) is 1.30. The van der Waals surface area contributed by atoms with Crippen LogP contribution in [0.1, 0.15) is 45.4 Å².